The van der Waals surface area contributed by atoms with E-state index in [0.29, 0.717) is 17.9 Å². The number of anilines is 1. The van der Waals surface area contributed by atoms with E-state index in [-0.39, 0.29) is 17.5 Å². The molecule has 0 saturated heterocycles. The predicted octanol–water partition coefficient (Wildman–Crippen LogP) is 1.34. The van der Waals surface area contributed by atoms with Gasteiger partial charge >= 0.3 is 5.97 Å². The number of carboxylic acid groups (broad SMARTS) is 1. The van der Waals surface area contributed by atoms with Crippen LogP contribution in [0.1, 0.15) is 31.0 Å². The number of rotatable bonds is 5. The summed E-state index contributed by atoms with van der Waals surface area (Å²) in [5.74, 6) is -2.18. The van der Waals surface area contributed by atoms with Crippen molar-refractivity contribution >= 4 is 17.6 Å². The van der Waals surface area contributed by atoms with Gasteiger partial charge in [0.05, 0.1) is 11.8 Å². The third-order valence-corrected chi connectivity index (χ3v) is 4.32. The SMILES string of the molecule is O=C(Nc1ccc(F)c(-n2nnnc2C2CC2)c1)[C@H]1C[C@H]1C(=O)O. The molecule has 1 amide bonds. The molecule has 0 unspecified atom stereocenters. The smallest absolute Gasteiger partial charge is 0.307 e. The third-order valence-electron chi connectivity index (χ3n) is 4.32. The first kappa shape index (κ1) is 14.7. The van der Waals surface area contributed by atoms with Gasteiger partial charge in [0.1, 0.15) is 11.5 Å². The molecule has 24 heavy (non-hydrogen) atoms. The van der Waals surface area contributed by atoms with Crippen molar-refractivity contribution in [3.63, 3.8) is 0 Å². The number of halogens is 1. The molecule has 1 aromatic carbocycles. The third kappa shape index (κ3) is 2.61. The highest BCUT2D eigenvalue weighted by Gasteiger charge is 2.48. The van der Waals surface area contributed by atoms with Crippen LogP contribution in [-0.4, -0.2) is 37.2 Å². The minimum Gasteiger partial charge on any atom is -0.481 e. The molecule has 1 aromatic heterocycles. The quantitative estimate of drug-likeness (QED) is 0.855. The molecule has 2 aliphatic rings. The number of amides is 1. The first-order valence-corrected chi connectivity index (χ1v) is 7.66. The van der Waals surface area contributed by atoms with E-state index >= 15 is 0 Å². The maximum Gasteiger partial charge on any atom is 0.307 e. The lowest BCUT2D eigenvalue weighted by molar-refractivity contribution is -0.139. The van der Waals surface area contributed by atoms with Gasteiger partial charge in [-0.1, -0.05) is 0 Å². The summed E-state index contributed by atoms with van der Waals surface area (Å²) >= 11 is 0. The van der Waals surface area contributed by atoms with Crippen LogP contribution >= 0.6 is 0 Å². The highest BCUT2D eigenvalue weighted by molar-refractivity contribution is 5.98. The molecule has 2 saturated carbocycles. The van der Waals surface area contributed by atoms with Gasteiger partial charge in [-0.25, -0.2) is 4.39 Å². The molecule has 1 heterocycles. The zero-order chi connectivity index (χ0) is 16.8. The number of nitrogens with zero attached hydrogens (tertiary/aromatic N) is 4. The normalized spacial score (nSPS) is 22.2. The van der Waals surface area contributed by atoms with Crippen molar-refractivity contribution in [2.45, 2.75) is 25.2 Å². The molecule has 2 N–H and O–H groups in total. The fourth-order valence-electron chi connectivity index (χ4n) is 2.71. The van der Waals surface area contributed by atoms with Crippen LogP contribution in [0.5, 0.6) is 0 Å². The molecule has 124 valence electrons. The number of aliphatic carboxylic acids is 1. The van der Waals surface area contributed by atoms with Crippen LogP contribution < -0.4 is 5.32 Å². The van der Waals surface area contributed by atoms with E-state index in [2.05, 4.69) is 20.8 Å². The van der Waals surface area contributed by atoms with Gasteiger partial charge in [0.25, 0.3) is 0 Å². The predicted molar refractivity (Wildman–Crippen MR) is 78.9 cm³/mol. The van der Waals surface area contributed by atoms with Crippen LogP contribution in [0.2, 0.25) is 0 Å². The Morgan fingerprint density at radius 3 is 2.75 bits per heavy atom. The van der Waals surface area contributed by atoms with E-state index in [1.54, 1.807) is 0 Å². The maximum absolute atomic E-state index is 14.2. The van der Waals surface area contributed by atoms with Crippen molar-refractivity contribution in [1.29, 1.82) is 0 Å². The van der Waals surface area contributed by atoms with Crippen LogP contribution in [-0.2, 0) is 9.59 Å². The molecular formula is C15H14FN5O3. The minimum atomic E-state index is -0.974. The van der Waals surface area contributed by atoms with Crippen molar-refractivity contribution in [2.24, 2.45) is 11.8 Å². The van der Waals surface area contributed by atoms with E-state index < -0.39 is 23.6 Å². The zero-order valence-electron chi connectivity index (χ0n) is 12.5. The monoisotopic (exact) mass is 331 g/mol. The average molecular weight is 331 g/mol. The summed E-state index contributed by atoms with van der Waals surface area (Å²) in [6, 6.07) is 4.11. The summed E-state index contributed by atoms with van der Waals surface area (Å²) in [5, 5.41) is 22.9. The van der Waals surface area contributed by atoms with E-state index in [4.69, 9.17) is 5.11 Å². The van der Waals surface area contributed by atoms with E-state index in [9.17, 15) is 14.0 Å². The number of tetrazole rings is 1. The average Bonchev–Trinajstić information content (AvgIpc) is 3.46. The molecular weight excluding hydrogens is 317 g/mol. The fraction of sp³-hybridized carbons (Fsp3) is 0.400. The number of carboxylic acids is 1. The lowest BCUT2D eigenvalue weighted by Crippen LogP contribution is -2.17. The number of hydrogen-bond acceptors (Lipinski definition) is 5. The van der Waals surface area contributed by atoms with Crippen molar-refractivity contribution in [2.75, 3.05) is 5.32 Å². The second kappa shape index (κ2) is 5.36. The Kier molecular flexibility index (Phi) is 3.29. The Balaban J connectivity index is 1.56. The number of carbonyl (C=O) groups excluding carboxylic acids is 1. The Morgan fingerprint density at radius 1 is 1.29 bits per heavy atom. The van der Waals surface area contributed by atoms with Crippen LogP contribution in [0.3, 0.4) is 0 Å². The lowest BCUT2D eigenvalue weighted by atomic mass is 10.2. The maximum atomic E-state index is 14.2. The summed E-state index contributed by atoms with van der Waals surface area (Å²) in [6.45, 7) is 0. The van der Waals surface area contributed by atoms with Crippen LogP contribution in [0.15, 0.2) is 18.2 Å². The van der Waals surface area contributed by atoms with Gasteiger partial charge in [-0.2, -0.15) is 4.68 Å². The number of nitrogens with one attached hydrogen (secondary N) is 1. The van der Waals surface area contributed by atoms with Gasteiger partial charge in [-0.05, 0) is 47.9 Å². The highest BCUT2D eigenvalue weighted by Crippen LogP contribution is 2.40. The van der Waals surface area contributed by atoms with Gasteiger partial charge in [0.2, 0.25) is 5.91 Å². The van der Waals surface area contributed by atoms with Gasteiger partial charge in [0.15, 0.2) is 5.82 Å². The van der Waals surface area contributed by atoms with Crippen LogP contribution in [0.25, 0.3) is 5.69 Å². The molecule has 9 heteroatoms. The van der Waals surface area contributed by atoms with Crippen LogP contribution in [0.4, 0.5) is 10.1 Å². The molecule has 0 aliphatic heterocycles. The molecule has 0 radical (unpaired) electrons. The zero-order valence-corrected chi connectivity index (χ0v) is 12.5. The number of aromatic nitrogens is 4. The number of carbonyl (C=O) groups is 2. The highest BCUT2D eigenvalue weighted by atomic mass is 19.1. The molecule has 0 spiro atoms. The Labute approximate surface area is 135 Å². The topological polar surface area (TPSA) is 110 Å². The van der Waals surface area contributed by atoms with Gasteiger partial charge in [-0.3, -0.25) is 9.59 Å². The Hall–Kier alpha value is -2.84. The van der Waals surface area contributed by atoms with Gasteiger partial charge < -0.3 is 10.4 Å². The van der Waals surface area contributed by atoms with Gasteiger partial charge in [-0.15, -0.1) is 5.10 Å². The van der Waals surface area contributed by atoms with E-state index in [1.165, 1.54) is 22.9 Å². The molecule has 2 aromatic rings. The molecule has 0 bridgehead atoms. The summed E-state index contributed by atoms with van der Waals surface area (Å²) in [7, 11) is 0. The molecule has 4 rings (SSSR count). The molecule has 2 fully saturated rings. The molecule has 2 aliphatic carbocycles. The van der Waals surface area contributed by atoms with Crippen LogP contribution in [0, 0.1) is 17.7 Å². The fourth-order valence-corrected chi connectivity index (χ4v) is 2.71. The molecule has 8 nitrogen and oxygen atoms in total. The minimum absolute atomic E-state index is 0.158. The largest absolute Gasteiger partial charge is 0.481 e. The van der Waals surface area contributed by atoms with Crippen molar-refractivity contribution in [3.05, 3.63) is 29.8 Å². The van der Waals surface area contributed by atoms with E-state index in [0.717, 1.165) is 12.8 Å². The Morgan fingerprint density at radius 2 is 2.08 bits per heavy atom. The van der Waals surface area contributed by atoms with Gasteiger partial charge in [0, 0.05) is 11.6 Å². The van der Waals surface area contributed by atoms with Crippen molar-refractivity contribution < 1.29 is 19.1 Å². The number of benzene rings is 1. The standard InChI is InChI=1S/C15H14FN5O3/c16-11-4-3-8(17-14(22)9-6-10(9)15(23)24)5-12(11)21-13(7-1-2-7)18-19-20-21/h3-5,7,9-10H,1-2,6H2,(H,17,22)(H,23,24)/t9-,10+/m0/s1. The molecule has 2 atom stereocenters. The number of hydrogen-bond donors (Lipinski definition) is 2. The summed E-state index contributed by atoms with van der Waals surface area (Å²) in [5.41, 5.74) is 0.537. The second-order valence-corrected chi connectivity index (χ2v) is 6.17. The summed E-state index contributed by atoms with van der Waals surface area (Å²) in [6.07, 6.45) is 2.27. The second-order valence-electron chi connectivity index (χ2n) is 6.17. The lowest BCUT2D eigenvalue weighted by Gasteiger charge is -2.09. The van der Waals surface area contributed by atoms with Crippen molar-refractivity contribution in [1.82, 2.24) is 20.2 Å². The first-order chi connectivity index (χ1) is 11.5. The van der Waals surface area contributed by atoms with Crippen molar-refractivity contribution in [3.8, 4) is 5.69 Å². The first-order valence-electron chi connectivity index (χ1n) is 7.66. The Bertz CT molecular complexity index is 832. The summed E-state index contributed by atoms with van der Waals surface area (Å²) < 4.78 is 15.5. The summed E-state index contributed by atoms with van der Waals surface area (Å²) in [4.78, 5) is 22.9. The van der Waals surface area contributed by atoms with E-state index in [1.807, 2.05) is 0 Å².